The molecular formula is C57H106F3N4O2+. The molecule has 1 atom stereocenters. The monoisotopic (exact) mass is 936 g/mol. The van der Waals surface area contributed by atoms with Gasteiger partial charge in [0.2, 0.25) is 5.69 Å². The molecule has 2 heterocycles. The number of alkyl halides is 1. The molecule has 1 aliphatic heterocycles. The summed E-state index contributed by atoms with van der Waals surface area (Å²) in [6.45, 7) is 47.7. The van der Waals surface area contributed by atoms with Crippen LogP contribution in [0, 0.1) is 5.92 Å². The van der Waals surface area contributed by atoms with Crippen LogP contribution in [-0.2, 0) is 18.3 Å². The Hall–Kier alpha value is -3.85. The lowest BCUT2D eigenvalue weighted by molar-refractivity contribution is -0.687. The molecule has 0 N–H and O–H groups in total. The van der Waals surface area contributed by atoms with E-state index < -0.39 is 5.83 Å². The van der Waals surface area contributed by atoms with Crippen LogP contribution in [-0.4, -0.2) is 62.9 Å². The summed E-state index contributed by atoms with van der Waals surface area (Å²) in [6.07, 6.45) is 22.6. The number of halogens is 3. The second-order valence-corrected chi connectivity index (χ2v) is 13.1. The standard InChI is InChI=1S/C28H33F2N2O.C8H17N.C4H9F.C3H5NO.7C2H6/c1-8-10-11-25-21(9-2)27(31-28(33-7)32(25)6)26(30)19(5)22-15-17(3)14-20-12-13-24(29)18(4)16-23(20)22;1-2-3-6-9-7-4-5-8-9;1-2-3-4-5;1-4-2-3-5;7*1-2/h9,12-16,23H,2,8,10-11H2,1,3-7H3;2-8H2,1H3;2-4H2,1H3;2-3H,1H3;7*1-2H3/q+1;;;;;;;;;;/b26-19-;;;;;;;;;;. The Morgan fingerprint density at radius 1 is 0.879 bits per heavy atom. The van der Waals surface area contributed by atoms with Crippen molar-refractivity contribution in [3.05, 3.63) is 87.6 Å². The quantitative estimate of drug-likeness (QED) is 0.112. The lowest BCUT2D eigenvalue weighted by Crippen LogP contribution is -2.38. The van der Waals surface area contributed by atoms with E-state index in [1.807, 2.05) is 141 Å². The third-order valence-corrected chi connectivity index (χ3v) is 9.00. The number of ether oxygens (including phenoxy) is 1. The van der Waals surface area contributed by atoms with Gasteiger partial charge in [-0.15, -0.1) is 0 Å². The molecule has 2 aliphatic carbocycles. The summed E-state index contributed by atoms with van der Waals surface area (Å²) < 4.78 is 48.8. The maximum Gasteiger partial charge on any atom is 0.498 e. The van der Waals surface area contributed by atoms with Crippen LogP contribution < -0.4 is 9.30 Å². The van der Waals surface area contributed by atoms with Crippen molar-refractivity contribution >= 4 is 24.4 Å². The number of carbonyl (C=O) groups excluding carboxylic acids is 1. The van der Waals surface area contributed by atoms with Gasteiger partial charge >= 0.3 is 6.01 Å². The number of aliphatic imine (C=N–C) groups is 1. The van der Waals surface area contributed by atoms with Crippen molar-refractivity contribution < 1.29 is 27.3 Å². The number of methoxy groups -OCH3 is 1. The predicted molar refractivity (Wildman–Crippen MR) is 292 cm³/mol. The minimum atomic E-state index is -0.425. The van der Waals surface area contributed by atoms with Gasteiger partial charge in [-0.1, -0.05) is 179 Å². The van der Waals surface area contributed by atoms with E-state index >= 15 is 4.39 Å². The van der Waals surface area contributed by atoms with Crippen LogP contribution in [0.5, 0.6) is 6.01 Å². The smallest absolute Gasteiger partial charge is 0.431 e. The van der Waals surface area contributed by atoms with Crippen LogP contribution in [0.15, 0.2) is 75.6 Å². The van der Waals surface area contributed by atoms with E-state index in [9.17, 15) is 13.6 Å². The van der Waals surface area contributed by atoms with Crippen molar-refractivity contribution in [1.29, 1.82) is 0 Å². The molecule has 386 valence electrons. The average molecular weight is 936 g/mol. The van der Waals surface area contributed by atoms with Gasteiger partial charge in [-0.25, -0.2) is 8.78 Å². The fraction of sp³-hybridized carbons (Fsp3) is 0.649. The maximum atomic E-state index is 16.2. The van der Waals surface area contributed by atoms with Gasteiger partial charge in [-0.2, -0.15) is 4.57 Å². The number of likely N-dealkylation sites (tertiary alicyclic amines) is 1. The SMILES string of the molecule is C=Cc1c(/C(F)=C(\C)C2=CC(C)=CC3=CC=C(F)C(C)=CC32)nc(OC)[n+](C)c1CCCC.CC.CC.CC.CC.CC.CC.CC.CCCCF.CCCCN1CCCC1.CN=CC=O. The van der Waals surface area contributed by atoms with Crippen molar-refractivity contribution in [2.75, 3.05) is 40.5 Å². The van der Waals surface area contributed by atoms with Crippen molar-refractivity contribution in [2.45, 2.75) is 196 Å². The van der Waals surface area contributed by atoms with Crippen LogP contribution in [0.25, 0.3) is 11.9 Å². The summed E-state index contributed by atoms with van der Waals surface area (Å²) in [6, 6.07) is 0.343. The van der Waals surface area contributed by atoms with Crippen LogP contribution in [0.2, 0.25) is 0 Å². The number of rotatable bonds is 13. The molecule has 1 saturated heterocycles. The van der Waals surface area contributed by atoms with Crippen LogP contribution in [0.1, 0.15) is 207 Å². The molecule has 3 aliphatic rings. The van der Waals surface area contributed by atoms with E-state index in [2.05, 4.69) is 35.3 Å². The van der Waals surface area contributed by atoms with Gasteiger partial charge in [0.25, 0.3) is 0 Å². The highest BCUT2D eigenvalue weighted by molar-refractivity contribution is 6.12. The van der Waals surface area contributed by atoms with Gasteiger partial charge in [0.1, 0.15) is 11.5 Å². The molecule has 0 aromatic carbocycles. The van der Waals surface area contributed by atoms with Gasteiger partial charge in [0.15, 0.2) is 12.1 Å². The molecule has 9 heteroatoms. The summed E-state index contributed by atoms with van der Waals surface area (Å²) in [5.41, 5.74) is 5.55. The normalized spacial score (nSPS) is 14.2. The molecule has 66 heavy (non-hydrogen) atoms. The van der Waals surface area contributed by atoms with E-state index in [1.165, 1.54) is 64.7 Å². The number of hydrogen-bond acceptors (Lipinski definition) is 5. The summed E-state index contributed by atoms with van der Waals surface area (Å²) in [7, 11) is 4.96. The lowest BCUT2D eigenvalue weighted by atomic mass is 9.80. The Morgan fingerprint density at radius 3 is 1.79 bits per heavy atom. The Labute approximate surface area is 408 Å². The highest BCUT2D eigenvalue weighted by atomic mass is 19.1. The molecule has 1 aromatic heterocycles. The largest absolute Gasteiger partial charge is 0.498 e. The van der Waals surface area contributed by atoms with Crippen molar-refractivity contribution in [1.82, 2.24) is 9.88 Å². The molecule has 0 radical (unpaired) electrons. The zero-order valence-electron chi connectivity index (χ0n) is 47.3. The lowest BCUT2D eigenvalue weighted by Gasteiger charge is -2.24. The van der Waals surface area contributed by atoms with E-state index in [0.717, 1.165) is 54.5 Å². The van der Waals surface area contributed by atoms with Gasteiger partial charge in [-0.3, -0.25) is 14.2 Å². The van der Waals surface area contributed by atoms with E-state index in [1.54, 1.807) is 33.0 Å². The van der Waals surface area contributed by atoms with Crippen LogP contribution >= 0.6 is 0 Å². The molecule has 1 unspecified atom stereocenters. The zero-order valence-corrected chi connectivity index (χ0v) is 47.3. The second-order valence-electron chi connectivity index (χ2n) is 13.1. The number of aldehydes is 1. The number of carbonyl (C=O) groups is 1. The molecule has 0 saturated carbocycles. The molecule has 1 aromatic rings. The first-order valence-electron chi connectivity index (χ1n) is 25.8. The molecular weight excluding hydrogens is 830 g/mol. The first-order chi connectivity index (χ1) is 32.0. The fourth-order valence-corrected chi connectivity index (χ4v) is 5.98. The minimum absolute atomic E-state index is 0.156. The molecule has 4 rings (SSSR count). The zero-order chi connectivity index (χ0) is 53.1. The van der Waals surface area contributed by atoms with Crippen molar-refractivity contribution in [3.63, 3.8) is 0 Å². The fourth-order valence-electron chi connectivity index (χ4n) is 5.98. The third-order valence-electron chi connectivity index (χ3n) is 9.00. The van der Waals surface area contributed by atoms with Crippen LogP contribution in [0.4, 0.5) is 13.2 Å². The van der Waals surface area contributed by atoms with Gasteiger partial charge in [-0.05, 0) is 106 Å². The summed E-state index contributed by atoms with van der Waals surface area (Å²) in [5, 5.41) is 0. The predicted octanol–water partition coefficient (Wildman–Crippen LogP) is 17.6. The van der Waals surface area contributed by atoms with E-state index in [4.69, 9.17) is 4.74 Å². The molecule has 1 fully saturated rings. The number of hydrogen-bond donors (Lipinski definition) is 0. The van der Waals surface area contributed by atoms with Gasteiger partial charge in [0.05, 0.1) is 32.6 Å². The Kier molecular flexibility index (Phi) is 66.3. The Bertz CT molecular complexity index is 1510. The van der Waals surface area contributed by atoms with Crippen molar-refractivity contribution in [3.8, 4) is 6.01 Å². The first-order valence-corrected chi connectivity index (χ1v) is 25.8. The van der Waals surface area contributed by atoms with Gasteiger partial charge in [0, 0.05) is 19.4 Å². The molecule has 6 nitrogen and oxygen atoms in total. The number of nitrogens with zero attached hydrogens (tertiary/aromatic N) is 4. The summed E-state index contributed by atoms with van der Waals surface area (Å²) in [5.74, 6) is -0.941. The first kappa shape index (κ1) is 76.4. The minimum Gasteiger partial charge on any atom is -0.431 e. The average Bonchev–Trinajstić information content (AvgIpc) is 3.86. The maximum absolute atomic E-state index is 16.2. The van der Waals surface area contributed by atoms with Crippen LogP contribution in [0.3, 0.4) is 0 Å². The third kappa shape index (κ3) is 32.8. The number of aromatic nitrogens is 2. The molecule has 0 bridgehead atoms. The Balaban J connectivity index is -0.000000172. The number of allylic oxidation sites excluding steroid dienone is 11. The molecule has 0 spiro atoms. The second kappa shape index (κ2) is 57.3. The van der Waals surface area contributed by atoms with E-state index in [0.29, 0.717) is 29.0 Å². The number of unbranched alkanes of at least 4 members (excludes halogenated alkanes) is 3. The van der Waals surface area contributed by atoms with E-state index in [-0.39, 0.29) is 24.1 Å². The Morgan fingerprint density at radius 2 is 1.39 bits per heavy atom. The highest BCUT2D eigenvalue weighted by Gasteiger charge is 2.31. The summed E-state index contributed by atoms with van der Waals surface area (Å²) >= 11 is 0. The molecule has 0 amide bonds. The summed E-state index contributed by atoms with van der Waals surface area (Å²) in [4.78, 5) is 19.7. The van der Waals surface area contributed by atoms with Crippen molar-refractivity contribution in [2.24, 2.45) is 18.0 Å². The van der Waals surface area contributed by atoms with Gasteiger partial charge < -0.3 is 9.64 Å². The highest BCUT2D eigenvalue weighted by Crippen LogP contribution is 2.40. The topological polar surface area (TPSA) is 58.7 Å². The number of fused-ring (bicyclic) bond motifs is 1.